The van der Waals surface area contributed by atoms with Crippen LogP contribution in [0.5, 0.6) is 0 Å². The molecule has 1 N–H and O–H groups in total. The number of thiophene rings is 1. The molecule has 1 heterocycles. The second-order valence-electron chi connectivity index (χ2n) is 6.27. The van der Waals surface area contributed by atoms with E-state index in [1.165, 1.54) is 9.75 Å². The molecule has 5 heteroatoms. The number of hydrogen-bond donors (Lipinski definition) is 1. The summed E-state index contributed by atoms with van der Waals surface area (Å²) in [4.78, 5) is 25.9. The number of amides is 1. The molecule has 0 radical (unpaired) electrons. The van der Waals surface area contributed by atoms with Gasteiger partial charge in [0.2, 0.25) is 5.91 Å². The van der Waals surface area contributed by atoms with E-state index in [1.807, 2.05) is 27.7 Å². The Hall–Kier alpha value is -1.36. The Morgan fingerprint density at radius 2 is 1.95 bits per heavy atom. The fourth-order valence-electron chi connectivity index (χ4n) is 1.90. The molecule has 0 aliphatic rings. The van der Waals surface area contributed by atoms with Crippen molar-refractivity contribution in [1.82, 2.24) is 5.32 Å². The van der Waals surface area contributed by atoms with Gasteiger partial charge in [-0.2, -0.15) is 0 Å². The molecule has 0 saturated carbocycles. The Bertz CT molecular complexity index is 488. The minimum atomic E-state index is -0.502. The van der Waals surface area contributed by atoms with Crippen LogP contribution in [0.1, 0.15) is 50.3 Å². The van der Waals surface area contributed by atoms with E-state index in [-0.39, 0.29) is 30.8 Å². The number of rotatable bonds is 6. The molecule has 0 spiro atoms. The number of hydrogen-bond acceptors (Lipinski definition) is 4. The molecule has 0 aromatic carbocycles. The molecule has 0 aliphatic carbocycles. The van der Waals surface area contributed by atoms with E-state index in [2.05, 4.69) is 24.4 Å². The predicted molar refractivity (Wildman–Crippen MR) is 85.4 cm³/mol. The van der Waals surface area contributed by atoms with Crippen LogP contribution in [-0.2, 0) is 20.7 Å². The molecule has 1 amide bonds. The van der Waals surface area contributed by atoms with Crippen molar-refractivity contribution in [2.45, 2.75) is 65.5 Å². The highest BCUT2D eigenvalue weighted by atomic mass is 32.1. The van der Waals surface area contributed by atoms with Crippen LogP contribution in [0.2, 0.25) is 0 Å². The number of esters is 1. The van der Waals surface area contributed by atoms with Gasteiger partial charge in [-0.15, -0.1) is 11.3 Å². The third-order valence-corrected chi connectivity index (χ3v) is 3.71. The molecule has 0 aliphatic heterocycles. The summed E-state index contributed by atoms with van der Waals surface area (Å²) in [6.45, 7) is 9.49. The quantitative estimate of drug-likeness (QED) is 0.821. The standard InChI is InChI=1S/C16H25NO3S/c1-11(10-13-7-6-12(2)21-13)17-14(18)8-9-15(19)20-16(3,4)5/h6-7,11H,8-10H2,1-5H3,(H,17,18). The molecule has 0 fully saturated rings. The molecule has 1 aromatic heterocycles. The lowest BCUT2D eigenvalue weighted by atomic mass is 10.2. The second kappa shape index (κ2) is 7.59. The van der Waals surface area contributed by atoms with E-state index in [9.17, 15) is 9.59 Å². The average Bonchev–Trinajstić information content (AvgIpc) is 2.69. The maximum atomic E-state index is 11.8. The first-order chi connectivity index (χ1) is 9.65. The summed E-state index contributed by atoms with van der Waals surface area (Å²) in [5.41, 5.74) is -0.502. The van der Waals surface area contributed by atoms with Crippen LogP contribution in [0.3, 0.4) is 0 Å². The van der Waals surface area contributed by atoms with Gasteiger partial charge in [0.1, 0.15) is 5.60 Å². The van der Waals surface area contributed by atoms with Crippen LogP contribution in [-0.4, -0.2) is 23.5 Å². The second-order valence-corrected chi connectivity index (χ2v) is 7.64. The van der Waals surface area contributed by atoms with Gasteiger partial charge in [-0.3, -0.25) is 9.59 Å². The summed E-state index contributed by atoms with van der Waals surface area (Å²) in [5.74, 6) is -0.444. The predicted octanol–water partition coefficient (Wildman–Crippen LogP) is 3.23. The summed E-state index contributed by atoms with van der Waals surface area (Å²) in [7, 11) is 0. The van der Waals surface area contributed by atoms with Gasteiger partial charge in [-0.05, 0) is 46.8 Å². The van der Waals surface area contributed by atoms with Crippen molar-refractivity contribution in [3.05, 3.63) is 21.9 Å². The van der Waals surface area contributed by atoms with Crippen molar-refractivity contribution in [2.24, 2.45) is 0 Å². The molecule has 1 unspecified atom stereocenters. The SMILES string of the molecule is Cc1ccc(CC(C)NC(=O)CCC(=O)OC(C)(C)C)s1. The van der Waals surface area contributed by atoms with Crippen LogP contribution in [0.4, 0.5) is 0 Å². The lowest BCUT2D eigenvalue weighted by Gasteiger charge is -2.19. The summed E-state index contributed by atoms with van der Waals surface area (Å²) in [5, 5.41) is 2.92. The first kappa shape index (κ1) is 17.7. The van der Waals surface area contributed by atoms with E-state index in [0.717, 1.165) is 6.42 Å². The molecule has 0 saturated heterocycles. The maximum absolute atomic E-state index is 11.8. The van der Waals surface area contributed by atoms with Crippen LogP contribution >= 0.6 is 11.3 Å². The summed E-state index contributed by atoms with van der Waals surface area (Å²) >= 11 is 1.74. The molecular formula is C16H25NO3S. The number of carbonyl (C=O) groups excluding carboxylic acids is 2. The normalized spacial score (nSPS) is 12.8. The van der Waals surface area contributed by atoms with Crippen LogP contribution in [0.25, 0.3) is 0 Å². The minimum Gasteiger partial charge on any atom is -0.460 e. The molecule has 118 valence electrons. The van der Waals surface area contributed by atoms with E-state index < -0.39 is 5.60 Å². The fourth-order valence-corrected chi connectivity index (χ4v) is 2.92. The van der Waals surface area contributed by atoms with Crippen molar-refractivity contribution >= 4 is 23.2 Å². The number of nitrogens with one attached hydrogen (secondary N) is 1. The molecule has 4 nitrogen and oxygen atoms in total. The molecule has 1 aromatic rings. The van der Waals surface area contributed by atoms with E-state index in [4.69, 9.17) is 4.74 Å². The van der Waals surface area contributed by atoms with Crippen molar-refractivity contribution < 1.29 is 14.3 Å². The Kier molecular flexibility index (Phi) is 6.40. The van der Waals surface area contributed by atoms with E-state index in [0.29, 0.717) is 0 Å². The first-order valence-corrected chi connectivity index (χ1v) is 8.04. The van der Waals surface area contributed by atoms with Gasteiger partial charge in [-0.25, -0.2) is 0 Å². The maximum Gasteiger partial charge on any atom is 0.306 e. The zero-order valence-electron chi connectivity index (χ0n) is 13.5. The lowest BCUT2D eigenvalue weighted by Crippen LogP contribution is -2.34. The topological polar surface area (TPSA) is 55.4 Å². The van der Waals surface area contributed by atoms with Crippen molar-refractivity contribution in [3.63, 3.8) is 0 Å². The largest absolute Gasteiger partial charge is 0.460 e. The Morgan fingerprint density at radius 3 is 2.48 bits per heavy atom. The van der Waals surface area contributed by atoms with Crippen molar-refractivity contribution in [1.29, 1.82) is 0 Å². The zero-order valence-corrected chi connectivity index (χ0v) is 14.3. The molecule has 1 atom stereocenters. The smallest absolute Gasteiger partial charge is 0.306 e. The van der Waals surface area contributed by atoms with Crippen molar-refractivity contribution in [3.8, 4) is 0 Å². The Morgan fingerprint density at radius 1 is 1.29 bits per heavy atom. The van der Waals surface area contributed by atoms with Gasteiger partial charge >= 0.3 is 5.97 Å². The highest BCUT2D eigenvalue weighted by Gasteiger charge is 2.17. The molecular weight excluding hydrogens is 286 g/mol. The van der Waals surface area contributed by atoms with Crippen molar-refractivity contribution in [2.75, 3.05) is 0 Å². The third kappa shape index (κ3) is 7.85. The molecule has 1 rings (SSSR count). The molecule has 0 bridgehead atoms. The Balaban J connectivity index is 2.28. The molecule has 21 heavy (non-hydrogen) atoms. The Labute approximate surface area is 130 Å². The van der Waals surface area contributed by atoms with Gasteiger partial charge < -0.3 is 10.1 Å². The summed E-state index contributed by atoms with van der Waals surface area (Å²) in [6, 6.07) is 4.23. The summed E-state index contributed by atoms with van der Waals surface area (Å²) < 4.78 is 5.17. The number of ether oxygens (including phenoxy) is 1. The number of carbonyl (C=O) groups is 2. The number of aryl methyl sites for hydroxylation is 1. The fraction of sp³-hybridized carbons (Fsp3) is 0.625. The third-order valence-electron chi connectivity index (χ3n) is 2.69. The average molecular weight is 311 g/mol. The van der Waals surface area contributed by atoms with Gasteiger partial charge in [-0.1, -0.05) is 0 Å². The van der Waals surface area contributed by atoms with Gasteiger partial charge in [0.15, 0.2) is 0 Å². The van der Waals surface area contributed by atoms with Crippen LogP contribution < -0.4 is 5.32 Å². The lowest BCUT2D eigenvalue weighted by molar-refractivity contribution is -0.155. The summed E-state index contributed by atoms with van der Waals surface area (Å²) in [6.07, 6.45) is 1.10. The highest BCUT2D eigenvalue weighted by molar-refractivity contribution is 7.11. The monoisotopic (exact) mass is 311 g/mol. The van der Waals surface area contributed by atoms with Gasteiger partial charge in [0.05, 0.1) is 6.42 Å². The first-order valence-electron chi connectivity index (χ1n) is 7.22. The van der Waals surface area contributed by atoms with Gasteiger partial charge in [0.25, 0.3) is 0 Å². The highest BCUT2D eigenvalue weighted by Crippen LogP contribution is 2.16. The van der Waals surface area contributed by atoms with Gasteiger partial charge in [0, 0.05) is 28.6 Å². The van der Waals surface area contributed by atoms with Crippen LogP contribution in [0, 0.1) is 6.92 Å². The zero-order chi connectivity index (χ0) is 16.0. The van der Waals surface area contributed by atoms with Crippen LogP contribution in [0.15, 0.2) is 12.1 Å². The van der Waals surface area contributed by atoms with E-state index in [1.54, 1.807) is 11.3 Å². The van der Waals surface area contributed by atoms with E-state index >= 15 is 0 Å². The minimum absolute atomic E-state index is 0.0641.